The Morgan fingerprint density at radius 1 is 1.26 bits per heavy atom. The van der Waals surface area contributed by atoms with E-state index in [1.807, 2.05) is 25.1 Å². The predicted molar refractivity (Wildman–Crippen MR) is 92.1 cm³/mol. The molecule has 5 nitrogen and oxygen atoms in total. The Morgan fingerprint density at radius 2 is 1.91 bits per heavy atom. The molecule has 1 aliphatic rings. The fraction of sp³-hybridized carbons (Fsp3) is 0.556. The molecule has 1 heterocycles. The molecule has 3 rings (SSSR count). The fourth-order valence-electron chi connectivity index (χ4n) is 3.55. The highest BCUT2D eigenvalue weighted by atomic mass is 16.2. The van der Waals surface area contributed by atoms with Gasteiger partial charge in [-0.15, -0.1) is 0 Å². The number of carbonyl (C=O) groups is 1. The quantitative estimate of drug-likeness (QED) is 0.911. The highest BCUT2D eigenvalue weighted by Gasteiger charge is 2.38. The van der Waals surface area contributed by atoms with Crippen LogP contribution in [0.4, 0.5) is 0 Å². The third-order valence-electron chi connectivity index (χ3n) is 4.82. The first-order chi connectivity index (χ1) is 10.9. The van der Waals surface area contributed by atoms with Crippen molar-refractivity contribution in [3.63, 3.8) is 0 Å². The van der Waals surface area contributed by atoms with E-state index in [1.165, 1.54) is 0 Å². The number of amides is 1. The second kappa shape index (κ2) is 5.96. The standard InChI is InChI=1S/C18H26N4O/c1-12(2)22-15-9-5-4-8-14(15)21-16(22)13(3)20-17(23)18(19)10-6-7-11-18/h4-5,8-9,12-13H,6-7,10-11,19H2,1-3H3,(H,20,23). The fourth-order valence-corrected chi connectivity index (χ4v) is 3.55. The van der Waals surface area contributed by atoms with Gasteiger partial charge in [0.15, 0.2) is 0 Å². The highest BCUT2D eigenvalue weighted by Crippen LogP contribution is 2.29. The first kappa shape index (κ1) is 16.0. The van der Waals surface area contributed by atoms with Crippen molar-refractivity contribution < 1.29 is 4.79 Å². The van der Waals surface area contributed by atoms with Gasteiger partial charge in [0.05, 0.1) is 22.6 Å². The van der Waals surface area contributed by atoms with E-state index in [0.29, 0.717) is 0 Å². The van der Waals surface area contributed by atoms with Gasteiger partial charge in [-0.05, 0) is 45.7 Å². The van der Waals surface area contributed by atoms with Crippen molar-refractivity contribution in [1.29, 1.82) is 0 Å². The minimum atomic E-state index is -0.705. The number of hydrogen-bond acceptors (Lipinski definition) is 3. The summed E-state index contributed by atoms with van der Waals surface area (Å²) < 4.78 is 2.19. The Bertz CT molecular complexity index is 713. The topological polar surface area (TPSA) is 72.9 Å². The van der Waals surface area contributed by atoms with Crippen LogP contribution in [0.5, 0.6) is 0 Å². The molecule has 1 aromatic heterocycles. The van der Waals surface area contributed by atoms with Crippen molar-refractivity contribution in [1.82, 2.24) is 14.9 Å². The number of nitrogens with two attached hydrogens (primary N) is 1. The van der Waals surface area contributed by atoms with E-state index >= 15 is 0 Å². The molecule has 0 bridgehead atoms. The molecule has 3 N–H and O–H groups in total. The molecule has 1 atom stereocenters. The van der Waals surface area contributed by atoms with E-state index in [0.717, 1.165) is 42.5 Å². The smallest absolute Gasteiger partial charge is 0.240 e. The summed E-state index contributed by atoms with van der Waals surface area (Å²) in [6, 6.07) is 8.19. The summed E-state index contributed by atoms with van der Waals surface area (Å²) >= 11 is 0. The van der Waals surface area contributed by atoms with Crippen LogP contribution in [0.1, 0.15) is 64.4 Å². The molecule has 5 heteroatoms. The zero-order chi connectivity index (χ0) is 16.6. The third-order valence-corrected chi connectivity index (χ3v) is 4.82. The van der Waals surface area contributed by atoms with Gasteiger partial charge in [-0.2, -0.15) is 0 Å². The van der Waals surface area contributed by atoms with Gasteiger partial charge >= 0.3 is 0 Å². The number of aromatic nitrogens is 2. The molecule has 1 amide bonds. The second-order valence-corrected chi connectivity index (χ2v) is 6.98. The molecular weight excluding hydrogens is 288 g/mol. The number of nitrogens with zero attached hydrogens (tertiary/aromatic N) is 2. The van der Waals surface area contributed by atoms with Crippen LogP contribution < -0.4 is 11.1 Å². The van der Waals surface area contributed by atoms with Gasteiger partial charge in [0.25, 0.3) is 0 Å². The van der Waals surface area contributed by atoms with Gasteiger partial charge in [-0.1, -0.05) is 25.0 Å². The highest BCUT2D eigenvalue weighted by molar-refractivity contribution is 5.86. The lowest BCUT2D eigenvalue weighted by Crippen LogP contribution is -2.52. The Labute approximate surface area is 137 Å². The summed E-state index contributed by atoms with van der Waals surface area (Å²) in [5, 5.41) is 3.09. The Balaban J connectivity index is 1.90. The first-order valence-corrected chi connectivity index (χ1v) is 8.49. The van der Waals surface area contributed by atoms with Crippen molar-refractivity contribution in [3.05, 3.63) is 30.1 Å². The van der Waals surface area contributed by atoms with Gasteiger partial charge in [0.1, 0.15) is 5.82 Å². The van der Waals surface area contributed by atoms with Gasteiger partial charge in [-0.3, -0.25) is 4.79 Å². The summed E-state index contributed by atoms with van der Waals surface area (Å²) in [6.07, 6.45) is 3.60. The lowest BCUT2D eigenvalue weighted by atomic mass is 9.97. The van der Waals surface area contributed by atoms with Crippen LogP contribution in [0.25, 0.3) is 11.0 Å². The molecule has 2 aromatic rings. The number of nitrogens with one attached hydrogen (secondary N) is 1. The molecule has 0 spiro atoms. The number of para-hydroxylation sites is 2. The molecule has 1 aliphatic carbocycles. The molecule has 1 saturated carbocycles. The number of imidazole rings is 1. The molecule has 1 aromatic carbocycles. The van der Waals surface area contributed by atoms with E-state index in [1.54, 1.807) is 0 Å². The maximum atomic E-state index is 12.6. The first-order valence-electron chi connectivity index (χ1n) is 8.49. The molecule has 0 saturated heterocycles. The van der Waals surface area contributed by atoms with Crippen molar-refractivity contribution in [2.45, 2.75) is 64.1 Å². The van der Waals surface area contributed by atoms with Crippen LogP contribution >= 0.6 is 0 Å². The average Bonchev–Trinajstić information content (AvgIpc) is 3.11. The summed E-state index contributed by atoms with van der Waals surface area (Å²) in [5.41, 5.74) is 7.62. The third kappa shape index (κ3) is 2.85. The lowest BCUT2D eigenvalue weighted by Gasteiger charge is -2.26. The van der Waals surface area contributed by atoms with E-state index in [-0.39, 0.29) is 18.0 Å². The SMILES string of the molecule is CC(NC(=O)C1(N)CCCC1)c1nc2ccccc2n1C(C)C. The number of hydrogen-bond donors (Lipinski definition) is 2. The molecule has 0 radical (unpaired) electrons. The van der Waals surface area contributed by atoms with E-state index in [9.17, 15) is 4.79 Å². The van der Waals surface area contributed by atoms with Gasteiger partial charge in [-0.25, -0.2) is 4.98 Å². The van der Waals surface area contributed by atoms with E-state index in [4.69, 9.17) is 10.7 Å². The number of carbonyl (C=O) groups excluding carboxylic acids is 1. The van der Waals surface area contributed by atoms with Gasteiger partial charge in [0, 0.05) is 6.04 Å². The van der Waals surface area contributed by atoms with Crippen LogP contribution in [0, 0.1) is 0 Å². The van der Waals surface area contributed by atoms with Crippen LogP contribution in [0.15, 0.2) is 24.3 Å². The maximum Gasteiger partial charge on any atom is 0.240 e. The molecule has 23 heavy (non-hydrogen) atoms. The summed E-state index contributed by atoms with van der Waals surface area (Å²) in [4.78, 5) is 17.3. The molecule has 1 unspecified atom stereocenters. The Morgan fingerprint density at radius 3 is 2.57 bits per heavy atom. The largest absolute Gasteiger partial charge is 0.345 e. The van der Waals surface area contributed by atoms with Crippen LogP contribution in [-0.4, -0.2) is 21.0 Å². The average molecular weight is 314 g/mol. The van der Waals surface area contributed by atoms with Crippen molar-refractivity contribution in [2.75, 3.05) is 0 Å². The van der Waals surface area contributed by atoms with Crippen molar-refractivity contribution in [2.24, 2.45) is 5.73 Å². The van der Waals surface area contributed by atoms with Gasteiger partial charge < -0.3 is 15.6 Å². The van der Waals surface area contributed by atoms with E-state index in [2.05, 4.69) is 29.8 Å². The van der Waals surface area contributed by atoms with Crippen molar-refractivity contribution >= 4 is 16.9 Å². The minimum Gasteiger partial charge on any atom is -0.345 e. The number of fused-ring (bicyclic) bond motifs is 1. The summed E-state index contributed by atoms with van der Waals surface area (Å²) in [5.74, 6) is 0.834. The number of benzene rings is 1. The summed E-state index contributed by atoms with van der Waals surface area (Å²) in [6.45, 7) is 6.25. The summed E-state index contributed by atoms with van der Waals surface area (Å²) in [7, 11) is 0. The molecule has 1 fully saturated rings. The van der Waals surface area contributed by atoms with E-state index < -0.39 is 5.54 Å². The maximum absolute atomic E-state index is 12.6. The lowest BCUT2D eigenvalue weighted by molar-refractivity contribution is -0.126. The molecule has 124 valence electrons. The normalized spacial score (nSPS) is 18.5. The zero-order valence-corrected chi connectivity index (χ0v) is 14.2. The predicted octanol–water partition coefficient (Wildman–Crippen LogP) is 3.07. The Hall–Kier alpha value is -1.88. The number of rotatable bonds is 4. The molecular formula is C18H26N4O. The zero-order valence-electron chi connectivity index (χ0n) is 14.2. The van der Waals surface area contributed by atoms with Crippen LogP contribution in [-0.2, 0) is 4.79 Å². The van der Waals surface area contributed by atoms with Crippen LogP contribution in [0.3, 0.4) is 0 Å². The monoisotopic (exact) mass is 314 g/mol. The Kier molecular flexibility index (Phi) is 4.15. The molecule has 0 aliphatic heterocycles. The van der Waals surface area contributed by atoms with Crippen molar-refractivity contribution in [3.8, 4) is 0 Å². The second-order valence-electron chi connectivity index (χ2n) is 6.98. The van der Waals surface area contributed by atoms with Gasteiger partial charge in [0.2, 0.25) is 5.91 Å². The van der Waals surface area contributed by atoms with Crippen LogP contribution in [0.2, 0.25) is 0 Å². The minimum absolute atomic E-state index is 0.0511.